The summed E-state index contributed by atoms with van der Waals surface area (Å²) in [5.41, 5.74) is 1.08. The van der Waals surface area contributed by atoms with E-state index in [1.807, 2.05) is 24.3 Å². The summed E-state index contributed by atoms with van der Waals surface area (Å²) in [6.45, 7) is 3.98. The molecular formula is C25H31FN2O2. The van der Waals surface area contributed by atoms with Crippen molar-refractivity contribution in [2.24, 2.45) is 0 Å². The Kier molecular flexibility index (Phi) is 6.68. The van der Waals surface area contributed by atoms with E-state index in [0.29, 0.717) is 6.61 Å². The van der Waals surface area contributed by atoms with Gasteiger partial charge in [-0.15, -0.1) is 0 Å². The Hall–Kier alpha value is -2.40. The van der Waals surface area contributed by atoms with Crippen LogP contribution in [-0.2, 0) is 10.2 Å². The van der Waals surface area contributed by atoms with Crippen molar-refractivity contribution < 1.29 is 13.9 Å². The van der Waals surface area contributed by atoms with Crippen molar-refractivity contribution in [2.45, 2.75) is 50.4 Å². The molecule has 2 aliphatic rings. The van der Waals surface area contributed by atoms with Gasteiger partial charge in [0.1, 0.15) is 18.2 Å². The van der Waals surface area contributed by atoms with Gasteiger partial charge < -0.3 is 10.1 Å². The van der Waals surface area contributed by atoms with Crippen molar-refractivity contribution in [1.29, 1.82) is 0 Å². The van der Waals surface area contributed by atoms with E-state index in [0.717, 1.165) is 55.6 Å². The second-order valence-electron chi connectivity index (χ2n) is 8.53. The Labute approximate surface area is 178 Å². The molecule has 4 nitrogen and oxygen atoms in total. The van der Waals surface area contributed by atoms with Crippen molar-refractivity contribution in [3.8, 4) is 5.75 Å². The minimum atomic E-state index is -0.586. The summed E-state index contributed by atoms with van der Waals surface area (Å²) in [6.07, 6.45) is 7.31. The second kappa shape index (κ2) is 9.61. The number of benzene rings is 2. The highest BCUT2D eigenvalue weighted by Gasteiger charge is 2.41. The van der Waals surface area contributed by atoms with E-state index in [1.165, 1.54) is 38.1 Å². The van der Waals surface area contributed by atoms with Crippen LogP contribution in [0.1, 0.15) is 50.5 Å². The van der Waals surface area contributed by atoms with Crippen LogP contribution in [0.2, 0.25) is 0 Å². The molecule has 1 saturated heterocycles. The second-order valence-corrected chi connectivity index (χ2v) is 8.53. The molecule has 2 fully saturated rings. The first-order valence-corrected chi connectivity index (χ1v) is 11.2. The maximum atomic E-state index is 13.4. The third-order valence-electron chi connectivity index (χ3n) is 6.53. The molecule has 0 atom stereocenters. The fourth-order valence-corrected chi connectivity index (χ4v) is 4.76. The fraction of sp³-hybridized carbons (Fsp3) is 0.480. The molecule has 0 spiro atoms. The highest BCUT2D eigenvalue weighted by atomic mass is 19.1. The number of nitrogens with one attached hydrogen (secondary N) is 1. The first kappa shape index (κ1) is 20.9. The number of anilines is 1. The minimum Gasteiger partial charge on any atom is -0.492 e. The number of hydrogen-bond acceptors (Lipinski definition) is 3. The summed E-state index contributed by atoms with van der Waals surface area (Å²) >= 11 is 0. The topological polar surface area (TPSA) is 41.6 Å². The molecule has 2 aromatic carbocycles. The maximum Gasteiger partial charge on any atom is 0.235 e. The van der Waals surface area contributed by atoms with Crippen molar-refractivity contribution in [3.63, 3.8) is 0 Å². The van der Waals surface area contributed by atoms with Crippen LogP contribution in [0, 0.1) is 5.82 Å². The number of halogens is 1. The third kappa shape index (κ3) is 4.84. The van der Waals surface area contributed by atoms with E-state index in [4.69, 9.17) is 4.74 Å². The molecule has 1 saturated carbocycles. The number of likely N-dealkylation sites (tertiary alicyclic amines) is 1. The molecule has 0 unspecified atom stereocenters. The lowest BCUT2D eigenvalue weighted by Crippen LogP contribution is -2.42. The quantitative estimate of drug-likeness (QED) is 0.687. The molecule has 5 heteroatoms. The van der Waals surface area contributed by atoms with E-state index in [2.05, 4.69) is 10.2 Å². The van der Waals surface area contributed by atoms with Crippen LogP contribution in [0.4, 0.5) is 10.1 Å². The third-order valence-corrected chi connectivity index (χ3v) is 6.53. The average Bonchev–Trinajstić information content (AvgIpc) is 3.29. The molecule has 1 aliphatic heterocycles. The summed E-state index contributed by atoms with van der Waals surface area (Å²) < 4.78 is 19.3. The van der Waals surface area contributed by atoms with Gasteiger partial charge in [0, 0.05) is 12.2 Å². The van der Waals surface area contributed by atoms with Gasteiger partial charge in [-0.25, -0.2) is 4.39 Å². The largest absolute Gasteiger partial charge is 0.492 e. The Bertz CT molecular complexity index is 823. The standard InChI is InChI=1S/C25H31FN2O2/c26-21-8-6-20(7-9-21)25(14-2-1-3-15-25)24(29)27-22-10-12-23(13-11-22)30-19-18-28-16-4-5-17-28/h6-13H,1-5,14-19H2,(H,27,29). The number of hydrogen-bond donors (Lipinski definition) is 1. The summed E-state index contributed by atoms with van der Waals surface area (Å²) in [5.74, 6) is 0.542. The molecule has 1 N–H and O–H groups in total. The molecule has 2 aromatic rings. The van der Waals surface area contributed by atoms with Crippen molar-refractivity contribution >= 4 is 11.6 Å². The maximum absolute atomic E-state index is 13.4. The van der Waals surface area contributed by atoms with Crippen LogP contribution in [-0.4, -0.2) is 37.0 Å². The summed E-state index contributed by atoms with van der Waals surface area (Å²) in [6, 6.07) is 14.0. The molecule has 0 radical (unpaired) electrons. The Morgan fingerprint density at radius 1 is 0.933 bits per heavy atom. The van der Waals surface area contributed by atoms with E-state index >= 15 is 0 Å². The number of rotatable bonds is 7. The molecule has 1 heterocycles. The first-order valence-electron chi connectivity index (χ1n) is 11.2. The molecule has 1 aliphatic carbocycles. The first-order chi connectivity index (χ1) is 14.7. The molecule has 1 amide bonds. The van der Waals surface area contributed by atoms with E-state index in [1.54, 1.807) is 12.1 Å². The fourth-order valence-electron chi connectivity index (χ4n) is 4.76. The van der Waals surface area contributed by atoms with Crippen molar-refractivity contribution in [1.82, 2.24) is 4.90 Å². The van der Waals surface area contributed by atoms with E-state index in [9.17, 15) is 9.18 Å². The van der Waals surface area contributed by atoms with Crippen LogP contribution in [0.5, 0.6) is 5.75 Å². The molecule has 0 bridgehead atoms. The van der Waals surface area contributed by atoms with E-state index < -0.39 is 5.41 Å². The Balaban J connectivity index is 1.39. The zero-order chi connectivity index (χ0) is 20.8. The summed E-state index contributed by atoms with van der Waals surface area (Å²) in [5, 5.41) is 3.10. The highest BCUT2D eigenvalue weighted by Crippen LogP contribution is 2.40. The lowest BCUT2D eigenvalue weighted by Gasteiger charge is -2.36. The number of ether oxygens (including phenoxy) is 1. The van der Waals surface area contributed by atoms with Gasteiger partial charge in [0.15, 0.2) is 0 Å². The van der Waals surface area contributed by atoms with Gasteiger partial charge in [-0.1, -0.05) is 31.4 Å². The lowest BCUT2D eigenvalue weighted by atomic mass is 9.68. The van der Waals surface area contributed by atoms with Gasteiger partial charge in [0.2, 0.25) is 5.91 Å². The predicted molar refractivity (Wildman–Crippen MR) is 117 cm³/mol. The number of carbonyl (C=O) groups excluding carboxylic acids is 1. The van der Waals surface area contributed by atoms with Gasteiger partial charge in [-0.3, -0.25) is 9.69 Å². The smallest absolute Gasteiger partial charge is 0.235 e. The Morgan fingerprint density at radius 2 is 1.60 bits per heavy atom. The molecule has 4 rings (SSSR count). The lowest BCUT2D eigenvalue weighted by molar-refractivity contribution is -0.122. The van der Waals surface area contributed by atoms with E-state index in [-0.39, 0.29) is 11.7 Å². The number of carbonyl (C=O) groups is 1. The van der Waals surface area contributed by atoms with Gasteiger partial charge in [-0.2, -0.15) is 0 Å². The van der Waals surface area contributed by atoms with Gasteiger partial charge in [-0.05, 0) is 80.7 Å². The van der Waals surface area contributed by atoms with Crippen LogP contribution in [0.3, 0.4) is 0 Å². The number of nitrogens with zero attached hydrogens (tertiary/aromatic N) is 1. The molecule has 160 valence electrons. The normalized spacial score (nSPS) is 18.8. The zero-order valence-electron chi connectivity index (χ0n) is 17.5. The van der Waals surface area contributed by atoms with Gasteiger partial charge in [0.25, 0.3) is 0 Å². The van der Waals surface area contributed by atoms with Crippen molar-refractivity contribution in [2.75, 3.05) is 31.6 Å². The van der Waals surface area contributed by atoms with Crippen molar-refractivity contribution in [3.05, 3.63) is 59.9 Å². The average molecular weight is 411 g/mol. The number of amides is 1. The SMILES string of the molecule is O=C(Nc1ccc(OCCN2CCCC2)cc1)C1(c2ccc(F)cc2)CCCCC1. The summed E-state index contributed by atoms with van der Waals surface area (Å²) in [7, 11) is 0. The summed E-state index contributed by atoms with van der Waals surface area (Å²) in [4.78, 5) is 15.8. The zero-order valence-corrected chi connectivity index (χ0v) is 17.5. The van der Waals surface area contributed by atoms with Crippen LogP contribution in [0.15, 0.2) is 48.5 Å². The predicted octanol–water partition coefficient (Wildman–Crippen LogP) is 5.14. The highest BCUT2D eigenvalue weighted by molar-refractivity contribution is 5.99. The van der Waals surface area contributed by atoms with Gasteiger partial charge in [0.05, 0.1) is 5.41 Å². The Morgan fingerprint density at radius 3 is 2.27 bits per heavy atom. The monoisotopic (exact) mass is 410 g/mol. The molecule has 0 aromatic heterocycles. The molecular weight excluding hydrogens is 379 g/mol. The van der Waals surface area contributed by atoms with Crippen LogP contribution < -0.4 is 10.1 Å². The van der Waals surface area contributed by atoms with Crippen LogP contribution in [0.25, 0.3) is 0 Å². The van der Waals surface area contributed by atoms with Gasteiger partial charge >= 0.3 is 0 Å². The molecule has 30 heavy (non-hydrogen) atoms. The van der Waals surface area contributed by atoms with Crippen LogP contribution >= 0.6 is 0 Å². The minimum absolute atomic E-state index is 0.00323.